The molecule has 1 aliphatic rings. The second kappa shape index (κ2) is 14.4. The summed E-state index contributed by atoms with van der Waals surface area (Å²) in [5, 5.41) is 9.26. The number of hydrogen-bond acceptors (Lipinski definition) is 5. The maximum Gasteiger partial charge on any atom is 0.410 e. The number of carboxylic acid groups (broad SMARTS) is 1. The Balaban J connectivity index is 1.52. The number of carbonyl (C=O) groups excluding carboxylic acids is 1. The van der Waals surface area contributed by atoms with Crippen LogP contribution in [0.4, 0.5) is 4.79 Å². The van der Waals surface area contributed by atoms with Gasteiger partial charge in [-0.05, 0) is 48.9 Å². The van der Waals surface area contributed by atoms with Gasteiger partial charge in [-0.1, -0.05) is 61.7 Å². The lowest BCUT2D eigenvalue weighted by Crippen LogP contribution is -2.39. The molecular formula is C28H37NO6. The molecule has 0 bridgehead atoms. The molecule has 2 aromatic rings. The summed E-state index contributed by atoms with van der Waals surface area (Å²) < 4.78 is 16.8. The Kier molecular flexibility index (Phi) is 10.9. The van der Waals surface area contributed by atoms with Gasteiger partial charge in [-0.25, -0.2) is 9.59 Å². The van der Waals surface area contributed by atoms with E-state index in [0.29, 0.717) is 44.4 Å². The van der Waals surface area contributed by atoms with Gasteiger partial charge in [0.15, 0.2) is 6.10 Å². The van der Waals surface area contributed by atoms with Crippen LogP contribution in [0.1, 0.15) is 50.2 Å². The Bertz CT molecular complexity index is 895. The van der Waals surface area contributed by atoms with Gasteiger partial charge in [-0.15, -0.1) is 0 Å². The van der Waals surface area contributed by atoms with Gasteiger partial charge in [0.1, 0.15) is 19.0 Å². The maximum atomic E-state index is 12.9. The standard InChI is InChI=1S/C28H37NO6/c1-2-33-26(27(30)31)19-22-13-15-25(16-14-22)34-18-17-29(20-23-9-5-3-6-10-23)28(32)35-21-24-11-7-4-8-12-24/h4,7-8,11-16,23,26H,2-3,5-6,9-10,17-21H2,1H3,(H,30,31). The minimum absolute atomic E-state index is 0.252. The highest BCUT2D eigenvalue weighted by molar-refractivity contribution is 5.72. The van der Waals surface area contributed by atoms with Crippen molar-refractivity contribution in [2.45, 2.75) is 58.2 Å². The Hall–Kier alpha value is -3.06. The largest absolute Gasteiger partial charge is 0.492 e. The fourth-order valence-electron chi connectivity index (χ4n) is 4.38. The fourth-order valence-corrected chi connectivity index (χ4v) is 4.38. The highest BCUT2D eigenvalue weighted by Gasteiger charge is 2.22. The third kappa shape index (κ3) is 9.25. The minimum Gasteiger partial charge on any atom is -0.492 e. The SMILES string of the molecule is CCOC(Cc1ccc(OCCN(CC2CCCCC2)C(=O)OCc2ccccc2)cc1)C(=O)O. The van der Waals surface area contributed by atoms with Gasteiger partial charge in [-0.2, -0.15) is 0 Å². The summed E-state index contributed by atoms with van der Waals surface area (Å²) in [6.45, 7) is 3.86. The van der Waals surface area contributed by atoms with E-state index in [0.717, 1.165) is 24.0 Å². The van der Waals surface area contributed by atoms with Gasteiger partial charge in [0.25, 0.3) is 0 Å². The molecule has 190 valence electrons. The van der Waals surface area contributed by atoms with E-state index in [1.807, 2.05) is 54.6 Å². The molecule has 0 radical (unpaired) electrons. The normalized spacial score (nSPS) is 14.8. The van der Waals surface area contributed by atoms with E-state index >= 15 is 0 Å². The molecule has 35 heavy (non-hydrogen) atoms. The molecule has 1 N–H and O–H groups in total. The van der Waals surface area contributed by atoms with E-state index in [1.165, 1.54) is 19.3 Å². The van der Waals surface area contributed by atoms with Gasteiger partial charge < -0.3 is 24.2 Å². The van der Waals surface area contributed by atoms with E-state index in [-0.39, 0.29) is 12.7 Å². The maximum absolute atomic E-state index is 12.9. The average Bonchev–Trinajstić information content (AvgIpc) is 2.88. The summed E-state index contributed by atoms with van der Waals surface area (Å²) in [7, 11) is 0. The van der Waals surface area contributed by atoms with E-state index in [1.54, 1.807) is 11.8 Å². The van der Waals surface area contributed by atoms with Crippen LogP contribution in [-0.4, -0.2) is 54.5 Å². The van der Waals surface area contributed by atoms with Crippen molar-refractivity contribution in [2.24, 2.45) is 5.92 Å². The summed E-state index contributed by atoms with van der Waals surface area (Å²) >= 11 is 0. The smallest absolute Gasteiger partial charge is 0.410 e. The number of ether oxygens (including phenoxy) is 3. The molecule has 0 heterocycles. The predicted molar refractivity (Wildman–Crippen MR) is 133 cm³/mol. The Morgan fingerprint density at radius 2 is 1.71 bits per heavy atom. The topological polar surface area (TPSA) is 85.3 Å². The predicted octanol–water partition coefficient (Wildman–Crippen LogP) is 5.32. The van der Waals surface area contributed by atoms with Crippen LogP contribution in [0.2, 0.25) is 0 Å². The highest BCUT2D eigenvalue weighted by Crippen LogP contribution is 2.25. The van der Waals surface area contributed by atoms with Crippen molar-refractivity contribution in [3.05, 3.63) is 65.7 Å². The first kappa shape index (κ1) is 26.5. The molecular weight excluding hydrogens is 446 g/mol. The van der Waals surface area contributed by atoms with Gasteiger partial charge in [-0.3, -0.25) is 0 Å². The lowest BCUT2D eigenvalue weighted by molar-refractivity contribution is -0.149. The first-order valence-electron chi connectivity index (χ1n) is 12.6. The quantitative estimate of drug-likeness (QED) is 0.415. The summed E-state index contributed by atoms with van der Waals surface area (Å²) in [4.78, 5) is 25.9. The third-order valence-corrected chi connectivity index (χ3v) is 6.28. The average molecular weight is 484 g/mol. The first-order valence-corrected chi connectivity index (χ1v) is 12.6. The number of benzene rings is 2. The van der Waals surface area contributed by atoms with Gasteiger partial charge in [0.2, 0.25) is 0 Å². The van der Waals surface area contributed by atoms with Crippen LogP contribution < -0.4 is 4.74 Å². The summed E-state index contributed by atoms with van der Waals surface area (Å²) in [5.74, 6) is 0.205. The number of carbonyl (C=O) groups is 2. The molecule has 7 nitrogen and oxygen atoms in total. The number of carboxylic acids is 1. The van der Waals surface area contributed by atoms with Crippen molar-refractivity contribution in [1.29, 1.82) is 0 Å². The van der Waals surface area contributed by atoms with Crippen LogP contribution in [-0.2, 0) is 27.3 Å². The molecule has 1 aliphatic carbocycles. The van der Waals surface area contributed by atoms with Gasteiger partial charge in [0, 0.05) is 19.6 Å². The zero-order chi connectivity index (χ0) is 24.9. The van der Waals surface area contributed by atoms with Crippen molar-refractivity contribution >= 4 is 12.1 Å². The van der Waals surface area contributed by atoms with Crippen LogP contribution in [0.25, 0.3) is 0 Å². The van der Waals surface area contributed by atoms with E-state index in [2.05, 4.69) is 0 Å². The molecule has 7 heteroatoms. The Morgan fingerprint density at radius 1 is 1.00 bits per heavy atom. The van der Waals surface area contributed by atoms with Gasteiger partial charge in [0.05, 0.1) is 6.54 Å². The Morgan fingerprint density at radius 3 is 2.37 bits per heavy atom. The van der Waals surface area contributed by atoms with Crippen LogP contribution in [0.5, 0.6) is 5.75 Å². The van der Waals surface area contributed by atoms with Crippen LogP contribution in [0.15, 0.2) is 54.6 Å². The molecule has 2 aromatic carbocycles. The lowest BCUT2D eigenvalue weighted by atomic mass is 9.89. The first-order chi connectivity index (χ1) is 17.0. The zero-order valence-electron chi connectivity index (χ0n) is 20.6. The van der Waals surface area contributed by atoms with E-state index in [4.69, 9.17) is 14.2 Å². The number of nitrogens with zero attached hydrogens (tertiary/aromatic N) is 1. The lowest BCUT2D eigenvalue weighted by Gasteiger charge is -2.29. The summed E-state index contributed by atoms with van der Waals surface area (Å²) in [5.41, 5.74) is 1.82. The van der Waals surface area contributed by atoms with Crippen LogP contribution in [0.3, 0.4) is 0 Å². The van der Waals surface area contributed by atoms with Crippen molar-refractivity contribution < 1.29 is 28.9 Å². The zero-order valence-corrected chi connectivity index (χ0v) is 20.6. The second-order valence-corrected chi connectivity index (χ2v) is 8.97. The van der Waals surface area contributed by atoms with Crippen molar-refractivity contribution in [2.75, 3.05) is 26.3 Å². The summed E-state index contributed by atoms with van der Waals surface area (Å²) in [6.07, 6.45) is 5.11. The fraction of sp³-hybridized carbons (Fsp3) is 0.500. The second-order valence-electron chi connectivity index (χ2n) is 8.97. The number of aliphatic carboxylic acids is 1. The molecule has 0 spiro atoms. The van der Waals surface area contributed by atoms with Crippen LogP contribution in [0, 0.1) is 5.92 Å². The molecule has 1 amide bonds. The van der Waals surface area contributed by atoms with E-state index < -0.39 is 12.1 Å². The molecule has 0 aliphatic heterocycles. The molecule has 1 unspecified atom stereocenters. The Labute approximate surface area is 208 Å². The molecule has 1 saturated carbocycles. The molecule has 0 saturated heterocycles. The van der Waals surface area contributed by atoms with Crippen molar-refractivity contribution in [3.8, 4) is 5.75 Å². The number of rotatable bonds is 13. The molecule has 1 fully saturated rings. The van der Waals surface area contributed by atoms with Crippen molar-refractivity contribution in [3.63, 3.8) is 0 Å². The molecule has 1 atom stereocenters. The minimum atomic E-state index is -0.968. The molecule has 3 rings (SSSR count). The monoisotopic (exact) mass is 483 g/mol. The molecule has 0 aromatic heterocycles. The number of amides is 1. The third-order valence-electron chi connectivity index (χ3n) is 6.28. The number of hydrogen-bond donors (Lipinski definition) is 1. The van der Waals surface area contributed by atoms with E-state index in [9.17, 15) is 14.7 Å². The van der Waals surface area contributed by atoms with Crippen LogP contribution >= 0.6 is 0 Å². The van der Waals surface area contributed by atoms with Crippen molar-refractivity contribution in [1.82, 2.24) is 4.90 Å². The highest BCUT2D eigenvalue weighted by atomic mass is 16.6. The van der Waals surface area contributed by atoms with Gasteiger partial charge >= 0.3 is 12.1 Å². The summed E-state index contributed by atoms with van der Waals surface area (Å²) in [6, 6.07) is 17.0.